The zero-order chi connectivity index (χ0) is 24.5. The molecular weight excluding hydrogens is 470 g/mol. The van der Waals surface area contributed by atoms with Crippen molar-refractivity contribution in [3.63, 3.8) is 0 Å². The van der Waals surface area contributed by atoms with Crippen molar-refractivity contribution in [2.75, 3.05) is 0 Å². The Labute approximate surface area is 204 Å². The fourth-order valence-corrected chi connectivity index (χ4v) is 4.54. The minimum atomic E-state index is -1.08. The summed E-state index contributed by atoms with van der Waals surface area (Å²) in [6.45, 7) is 0. The van der Waals surface area contributed by atoms with E-state index in [4.69, 9.17) is 21.1 Å². The Balaban J connectivity index is 1.70. The van der Waals surface area contributed by atoms with Gasteiger partial charge in [0, 0.05) is 34.3 Å². The number of amides is 1. The zero-order valence-corrected chi connectivity index (χ0v) is 19.2. The molecule has 176 valence electrons. The quantitative estimate of drug-likeness (QED) is 0.396. The monoisotopic (exact) mass is 489 g/mol. The van der Waals surface area contributed by atoms with Gasteiger partial charge in [-0.1, -0.05) is 41.9 Å². The lowest BCUT2D eigenvalue weighted by atomic mass is 9.92. The summed E-state index contributed by atoms with van der Waals surface area (Å²) in [6.07, 6.45) is 1.17. The third-order valence-electron chi connectivity index (χ3n) is 5.92. The number of carboxylic acids is 1. The number of H-pyrrole nitrogens is 1. The molecule has 8 nitrogen and oxygen atoms in total. The van der Waals surface area contributed by atoms with E-state index in [0.717, 1.165) is 10.9 Å². The lowest BCUT2D eigenvalue weighted by molar-refractivity contribution is -0.141. The van der Waals surface area contributed by atoms with Crippen LogP contribution in [0.1, 0.15) is 36.6 Å². The molecule has 3 heterocycles. The van der Waals surface area contributed by atoms with Gasteiger partial charge in [0.1, 0.15) is 11.8 Å². The van der Waals surface area contributed by atoms with Gasteiger partial charge in [-0.15, -0.1) is 0 Å². The van der Waals surface area contributed by atoms with Crippen LogP contribution in [0.25, 0.3) is 22.0 Å². The third-order valence-corrected chi connectivity index (χ3v) is 6.15. The fraction of sp³-hybridized carbons (Fsp3) is 0.154. The molecule has 9 heteroatoms. The predicted molar refractivity (Wildman–Crippen MR) is 131 cm³/mol. The van der Waals surface area contributed by atoms with Gasteiger partial charge in [0.2, 0.25) is 5.91 Å². The molecule has 1 atom stereocenters. The van der Waals surface area contributed by atoms with Crippen LogP contribution in [0.2, 0.25) is 5.02 Å². The normalized spacial score (nSPS) is 15.4. The van der Waals surface area contributed by atoms with Crippen LogP contribution in [-0.4, -0.2) is 32.7 Å². The molecule has 0 saturated heterocycles. The summed E-state index contributed by atoms with van der Waals surface area (Å²) >= 11 is 6.31. The maximum absolute atomic E-state index is 13.4. The highest BCUT2D eigenvalue weighted by Gasteiger charge is 2.36. The standard InChI is InChI=1S/C26H20ClN3O5/c27-16-8-9-18-17(13-16)24(15-5-2-1-3-6-15)25(26(34)28-18)19-14-20(21-7-4-12-35-21)30(29-19)22(31)10-11-23(32)33/h1-9,12-13,20H,10-11,14H2,(H,28,34)(H,32,33)/t20-/m0/s1. The van der Waals surface area contributed by atoms with Gasteiger partial charge in [-0.05, 0) is 35.9 Å². The molecular formula is C26H20ClN3O5. The van der Waals surface area contributed by atoms with E-state index >= 15 is 0 Å². The number of nitrogens with one attached hydrogen (secondary N) is 1. The highest BCUT2D eigenvalue weighted by atomic mass is 35.5. The second kappa shape index (κ2) is 9.23. The van der Waals surface area contributed by atoms with Gasteiger partial charge < -0.3 is 14.5 Å². The Hall–Kier alpha value is -4.17. The maximum Gasteiger partial charge on any atom is 0.303 e. The smallest absolute Gasteiger partial charge is 0.303 e. The number of hydrogen-bond acceptors (Lipinski definition) is 5. The molecule has 2 N–H and O–H groups in total. The van der Waals surface area contributed by atoms with Gasteiger partial charge in [0.05, 0.1) is 24.0 Å². The number of carbonyl (C=O) groups excluding carboxylic acids is 1. The lowest BCUT2D eigenvalue weighted by Crippen LogP contribution is -2.27. The number of carbonyl (C=O) groups is 2. The average molecular weight is 490 g/mol. The first-order chi connectivity index (χ1) is 16.9. The van der Waals surface area contributed by atoms with E-state index < -0.39 is 17.9 Å². The first kappa shape index (κ1) is 22.6. The molecule has 0 spiro atoms. The highest BCUT2D eigenvalue weighted by molar-refractivity contribution is 6.31. The van der Waals surface area contributed by atoms with E-state index in [1.807, 2.05) is 30.3 Å². The molecule has 2 aromatic heterocycles. The van der Waals surface area contributed by atoms with Crippen LogP contribution in [0, 0.1) is 0 Å². The van der Waals surface area contributed by atoms with Crippen LogP contribution in [0.4, 0.5) is 0 Å². The number of benzene rings is 2. The van der Waals surface area contributed by atoms with Crippen molar-refractivity contribution in [2.24, 2.45) is 5.10 Å². The first-order valence-corrected chi connectivity index (χ1v) is 11.4. The SMILES string of the molecule is O=C(O)CCC(=O)N1N=C(c2c(-c3ccccc3)c3cc(Cl)ccc3[nH]c2=O)C[C@H]1c1ccco1. The van der Waals surface area contributed by atoms with E-state index in [2.05, 4.69) is 10.1 Å². The molecule has 0 fully saturated rings. The van der Waals surface area contributed by atoms with Crippen LogP contribution in [-0.2, 0) is 9.59 Å². The summed E-state index contributed by atoms with van der Waals surface area (Å²) < 4.78 is 5.55. The summed E-state index contributed by atoms with van der Waals surface area (Å²) in [5.74, 6) is -1.05. The molecule has 0 bridgehead atoms. The lowest BCUT2D eigenvalue weighted by Gasteiger charge is -2.19. The summed E-state index contributed by atoms with van der Waals surface area (Å²) in [7, 11) is 0. The van der Waals surface area contributed by atoms with Crippen LogP contribution < -0.4 is 5.56 Å². The van der Waals surface area contributed by atoms with E-state index in [9.17, 15) is 14.4 Å². The minimum Gasteiger partial charge on any atom is -0.481 e. The molecule has 1 aliphatic rings. The summed E-state index contributed by atoms with van der Waals surface area (Å²) in [6, 6.07) is 17.5. The number of aromatic nitrogens is 1. The number of aliphatic carboxylic acids is 1. The summed E-state index contributed by atoms with van der Waals surface area (Å²) in [4.78, 5) is 40.3. The molecule has 0 unspecified atom stereocenters. The Morgan fingerprint density at radius 1 is 1.09 bits per heavy atom. The number of hydrazone groups is 1. The van der Waals surface area contributed by atoms with Gasteiger partial charge in [-0.25, -0.2) is 5.01 Å². The van der Waals surface area contributed by atoms with Crippen molar-refractivity contribution >= 4 is 40.1 Å². The molecule has 1 amide bonds. The average Bonchev–Trinajstić information content (AvgIpc) is 3.53. The van der Waals surface area contributed by atoms with Gasteiger partial charge >= 0.3 is 5.97 Å². The van der Waals surface area contributed by atoms with Crippen molar-refractivity contribution in [1.29, 1.82) is 0 Å². The number of fused-ring (bicyclic) bond motifs is 1. The Morgan fingerprint density at radius 3 is 2.60 bits per heavy atom. The van der Waals surface area contributed by atoms with Gasteiger partial charge in [-0.2, -0.15) is 5.10 Å². The fourth-order valence-electron chi connectivity index (χ4n) is 4.37. The van der Waals surface area contributed by atoms with Crippen molar-refractivity contribution < 1.29 is 19.1 Å². The van der Waals surface area contributed by atoms with E-state index in [1.54, 1.807) is 30.3 Å². The Bertz CT molecular complexity index is 1510. The Kier molecular flexibility index (Phi) is 5.96. The number of hydrogen-bond donors (Lipinski definition) is 2. The number of carboxylic acid groups (broad SMARTS) is 1. The molecule has 1 aliphatic heterocycles. The topological polar surface area (TPSA) is 116 Å². The molecule has 2 aromatic carbocycles. The minimum absolute atomic E-state index is 0.224. The zero-order valence-electron chi connectivity index (χ0n) is 18.4. The number of pyridine rings is 1. The van der Waals surface area contributed by atoms with Crippen LogP contribution in [0.3, 0.4) is 0 Å². The van der Waals surface area contributed by atoms with Gasteiger partial charge in [-0.3, -0.25) is 14.4 Å². The molecule has 0 saturated carbocycles. The van der Waals surface area contributed by atoms with Crippen molar-refractivity contribution in [3.8, 4) is 11.1 Å². The number of aromatic amines is 1. The van der Waals surface area contributed by atoms with E-state index in [1.165, 1.54) is 11.3 Å². The molecule has 35 heavy (non-hydrogen) atoms. The predicted octanol–water partition coefficient (Wildman–Crippen LogP) is 4.98. The third kappa shape index (κ3) is 4.36. The molecule has 4 aromatic rings. The van der Waals surface area contributed by atoms with Crippen LogP contribution in [0.15, 0.2) is 81.2 Å². The number of nitrogens with zero attached hydrogens (tertiary/aromatic N) is 2. The van der Waals surface area contributed by atoms with Crippen molar-refractivity contribution in [1.82, 2.24) is 9.99 Å². The van der Waals surface area contributed by atoms with Gasteiger partial charge in [0.15, 0.2) is 0 Å². The van der Waals surface area contributed by atoms with Crippen LogP contribution >= 0.6 is 11.6 Å². The largest absolute Gasteiger partial charge is 0.481 e. The molecule has 0 aliphatic carbocycles. The number of furan rings is 1. The van der Waals surface area contributed by atoms with Crippen molar-refractivity contribution in [2.45, 2.75) is 25.3 Å². The van der Waals surface area contributed by atoms with E-state index in [0.29, 0.717) is 33.1 Å². The maximum atomic E-state index is 13.4. The summed E-state index contributed by atoms with van der Waals surface area (Å²) in [5.41, 5.74) is 2.46. The van der Waals surface area contributed by atoms with Crippen LogP contribution in [0.5, 0.6) is 0 Å². The number of rotatable bonds is 6. The second-order valence-electron chi connectivity index (χ2n) is 8.17. The highest BCUT2D eigenvalue weighted by Crippen LogP contribution is 2.37. The first-order valence-electron chi connectivity index (χ1n) is 11.0. The second-order valence-corrected chi connectivity index (χ2v) is 8.61. The Morgan fingerprint density at radius 2 is 1.89 bits per heavy atom. The van der Waals surface area contributed by atoms with Crippen molar-refractivity contribution in [3.05, 3.63) is 93.6 Å². The van der Waals surface area contributed by atoms with E-state index in [-0.39, 0.29) is 24.8 Å². The summed E-state index contributed by atoms with van der Waals surface area (Å²) in [5, 5.41) is 16.1. The molecule has 0 radical (unpaired) electrons. The number of halogens is 1. The van der Waals surface area contributed by atoms with Gasteiger partial charge in [0.25, 0.3) is 5.56 Å². The molecule has 5 rings (SSSR count).